The van der Waals surface area contributed by atoms with Crippen molar-refractivity contribution in [1.82, 2.24) is 0 Å². The molecular weight excluding hydrogens is 288 g/mol. The average molecular weight is 306 g/mol. The summed E-state index contributed by atoms with van der Waals surface area (Å²) in [6, 6.07) is 6.01. The highest BCUT2D eigenvalue weighted by molar-refractivity contribution is 5.98. The number of allylic oxidation sites excluding steroid dienone is 1. The van der Waals surface area contributed by atoms with E-state index < -0.39 is 23.3 Å². The summed E-state index contributed by atoms with van der Waals surface area (Å²) in [6.45, 7) is 3.49. The number of carboxylic acid groups (broad SMARTS) is 2. The molecule has 0 spiro atoms. The topological polar surface area (TPSA) is 101 Å². The van der Waals surface area contributed by atoms with Gasteiger partial charge in [0.2, 0.25) is 0 Å². The van der Waals surface area contributed by atoms with Gasteiger partial charge in [-0.3, -0.25) is 9.59 Å². The molecule has 0 aliphatic rings. The Kier molecular flexibility index (Phi) is 5.86. The molecule has 1 aromatic carbocycles. The summed E-state index contributed by atoms with van der Waals surface area (Å²) in [5.41, 5.74) is -1.09. The largest absolute Gasteiger partial charge is 0.480 e. The van der Waals surface area contributed by atoms with Crippen molar-refractivity contribution in [3.05, 3.63) is 48.0 Å². The number of aliphatic carboxylic acids is 2. The number of carbonyl (C=O) groups is 3. The maximum absolute atomic E-state index is 11.5. The number of rotatable bonds is 8. The molecule has 0 aliphatic carbocycles. The number of hydrogen-bond donors (Lipinski definition) is 2. The van der Waals surface area contributed by atoms with Gasteiger partial charge >= 0.3 is 17.9 Å². The zero-order valence-corrected chi connectivity index (χ0v) is 12.2. The van der Waals surface area contributed by atoms with Crippen LogP contribution in [0.3, 0.4) is 0 Å². The molecule has 6 nitrogen and oxygen atoms in total. The van der Waals surface area contributed by atoms with Crippen LogP contribution in [0, 0.1) is 5.41 Å². The zero-order chi connectivity index (χ0) is 16.8. The van der Waals surface area contributed by atoms with Crippen LogP contribution in [0.15, 0.2) is 36.9 Å². The van der Waals surface area contributed by atoms with Crippen LogP contribution < -0.4 is 0 Å². The molecular formula is C16H18O6. The van der Waals surface area contributed by atoms with Crippen molar-refractivity contribution in [3.63, 3.8) is 0 Å². The molecule has 0 saturated heterocycles. The van der Waals surface area contributed by atoms with Crippen molar-refractivity contribution >= 4 is 17.9 Å². The van der Waals surface area contributed by atoms with Gasteiger partial charge < -0.3 is 14.9 Å². The minimum absolute atomic E-state index is 0.0556. The van der Waals surface area contributed by atoms with E-state index >= 15 is 0 Å². The molecule has 0 radical (unpaired) electrons. The second-order valence-electron chi connectivity index (χ2n) is 4.89. The predicted octanol–water partition coefficient (Wildman–Crippen LogP) is 2.14. The second-order valence-corrected chi connectivity index (χ2v) is 4.89. The highest BCUT2D eigenvalue weighted by Gasteiger charge is 2.45. The van der Waals surface area contributed by atoms with E-state index in [1.54, 1.807) is 0 Å². The Hall–Kier alpha value is -2.63. The van der Waals surface area contributed by atoms with Gasteiger partial charge in [-0.25, -0.2) is 4.79 Å². The maximum Gasteiger partial charge on any atom is 0.337 e. The fourth-order valence-electron chi connectivity index (χ4n) is 2.12. The number of benzene rings is 1. The van der Waals surface area contributed by atoms with Crippen molar-refractivity contribution in [2.24, 2.45) is 5.41 Å². The standard InChI is InChI=1S/C16H18O6/c1-3-4-9-16(14(18)19,15(20)21)10-11-5-7-12(8-6-11)13(17)22-2/h3,5-8H,1,4,9-10H2,2H3,(H,18,19)(H,20,21). The van der Waals surface area contributed by atoms with Crippen LogP contribution in [0.2, 0.25) is 0 Å². The van der Waals surface area contributed by atoms with E-state index in [9.17, 15) is 24.6 Å². The fourth-order valence-corrected chi connectivity index (χ4v) is 2.12. The van der Waals surface area contributed by atoms with Gasteiger partial charge in [0.15, 0.2) is 5.41 Å². The molecule has 0 heterocycles. The number of methoxy groups -OCH3 is 1. The number of carbonyl (C=O) groups excluding carboxylic acids is 1. The molecule has 0 unspecified atom stereocenters. The predicted molar refractivity (Wildman–Crippen MR) is 78.6 cm³/mol. The number of hydrogen-bond acceptors (Lipinski definition) is 4. The van der Waals surface area contributed by atoms with Crippen LogP contribution in [0.4, 0.5) is 0 Å². The van der Waals surface area contributed by atoms with Crippen molar-refractivity contribution in [1.29, 1.82) is 0 Å². The second kappa shape index (κ2) is 7.40. The normalized spacial score (nSPS) is 10.8. The van der Waals surface area contributed by atoms with Crippen molar-refractivity contribution < 1.29 is 29.3 Å². The molecule has 22 heavy (non-hydrogen) atoms. The van der Waals surface area contributed by atoms with Crippen LogP contribution in [0.25, 0.3) is 0 Å². The summed E-state index contributed by atoms with van der Waals surface area (Å²) in [6.07, 6.45) is 1.53. The van der Waals surface area contributed by atoms with Gasteiger partial charge in [0.1, 0.15) is 0 Å². The minimum atomic E-state index is -1.92. The van der Waals surface area contributed by atoms with Gasteiger partial charge in [-0.2, -0.15) is 0 Å². The van der Waals surface area contributed by atoms with E-state index in [2.05, 4.69) is 11.3 Å². The first-order chi connectivity index (χ1) is 10.4. The van der Waals surface area contributed by atoms with E-state index in [4.69, 9.17) is 0 Å². The lowest BCUT2D eigenvalue weighted by molar-refractivity contribution is -0.165. The van der Waals surface area contributed by atoms with Gasteiger partial charge in [-0.1, -0.05) is 18.2 Å². The molecule has 118 valence electrons. The first-order valence-corrected chi connectivity index (χ1v) is 6.62. The highest BCUT2D eigenvalue weighted by Crippen LogP contribution is 2.30. The summed E-state index contributed by atoms with van der Waals surface area (Å²) in [5.74, 6) is -3.29. The van der Waals surface area contributed by atoms with Crippen molar-refractivity contribution in [2.45, 2.75) is 19.3 Å². The Balaban J connectivity index is 3.08. The summed E-state index contributed by atoms with van der Waals surface area (Å²) < 4.78 is 4.57. The van der Waals surface area contributed by atoms with E-state index in [0.717, 1.165) is 0 Å². The van der Waals surface area contributed by atoms with E-state index in [0.29, 0.717) is 11.1 Å². The average Bonchev–Trinajstić information content (AvgIpc) is 2.50. The van der Waals surface area contributed by atoms with E-state index in [1.165, 1.54) is 37.5 Å². The molecule has 2 N–H and O–H groups in total. The van der Waals surface area contributed by atoms with Crippen LogP contribution in [0.5, 0.6) is 0 Å². The SMILES string of the molecule is C=CCCC(Cc1ccc(C(=O)OC)cc1)(C(=O)O)C(=O)O. The first-order valence-electron chi connectivity index (χ1n) is 6.62. The Bertz CT molecular complexity index is 559. The smallest absolute Gasteiger partial charge is 0.337 e. The third-order valence-electron chi connectivity index (χ3n) is 3.47. The molecule has 1 rings (SSSR count). The maximum atomic E-state index is 11.5. The summed E-state index contributed by atoms with van der Waals surface area (Å²) in [7, 11) is 1.26. The van der Waals surface area contributed by atoms with Crippen LogP contribution in [-0.4, -0.2) is 35.2 Å². The Morgan fingerprint density at radius 3 is 2.14 bits per heavy atom. The molecule has 0 aliphatic heterocycles. The molecule has 0 fully saturated rings. The van der Waals surface area contributed by atoms with E-state index in [-0.39, 0.29) is 19.3 Å². The molecule has 0 amide bonds. The Labute approximate surface area is 128 Å². The molecule has 0 atom stereocenters. The highest BCUT2D eigenvalue weighted by atomic mass is 16.5. The number of carboxylic acids is 2. The van der Waals surface area contributed by atoms with Gasteiger partial charge in [-0.05, 0) is 37.0 Å². The molecule has 0 saturated carbocycles. The Morgan fingerprint density at radius 1 is 1.18 bits per heavy atom. The van der Waals surface area contributed by atoms with Crippen molar-refractivity contribution in [2.75, 3.05) is 7.11 Å². The summed E-state index contributed by atoms with van der Waals surface area (Å²) >= 11 is 0. The van der Waals surface area contributed by atoms with Crippen molar-refractivity contribution in [3.8, 4) is 0 Å². The van der Waals surface area contributed by atoms with Gasteiger partial charge in [0.25, 0.3) is 0 Å². The van der Waals surface area contributed by atoms with Crippen LogP contribution >= 0.6 is 0 Å². The number of ether oxygens (including phenoxy) is 1. The van der Waals surface area contributed by atoms with E-state index in [1.807, 2.05) is 0 Å². The lowest BCUT2D eigenvalue weighted by Crippen LogP contribution is -2.41. The summed E-state index contributed by atoms with van der Waals surface area (Å²) in [4.78, 5) is 34.4. The minimum Gasteiger partial charge on any atom is -0.480 e. The fraction of sp³-hybridized carbons (Fsp3) is 0.312. The molecule has 1 aromatic rings. The molecule has 0 aromatic heterocycles. The monoisotopic (exact) mass is 306 g/mol. The number of esters is 1. The third kappa shape index (κ3) is 3.72. The van der Waals surface area contributed by atoms with Gasteiger partial charge in [0.05, 0.1) is 12.7 Å². The Morgan fingerprint density at radius 2 is 1.73 bits per heavy atom. The van der Waals surface area contributed by atoms with Crippen LogP contribution in [-0.2, 0) is 20.7 Å². The summed E-state index contributed by atoms with van der Waals surface area (Å²) in [5, 5.41) is 18.7. The van der Waals surface area contributed by atoms with Gasteiger partial charge in [-0.15, -0.1) is 6.58 Å². The molecule has 0 bridgehead atoms. The van der Waals surface area contributed by atoms with Gasteiger partial charge in [0, 0.05) is 0 Å². The lowest BCUT2D eigenvalue weighted by Gasteiger charge is -2.24. The van der Waals surface area contributed by atoms with Crippen LogP contribution in [0.1, 0.15) is 28.8 Å². The molecule has 6 heteroatoms. The lowest BCUT2D eigenvalue weighted by atomic mass is 9.77. The quantitative estimate of drug-likeness (QED) is 0.433. The third-order valence-corrected chi connectivity index (χ3v) is 3.47. The first kappa shape index (κ1) is 17.4. The zero-order valence-electron chi connectivity index (χ0n) is 12.2.